The van der Waals surface area contributed by atoms with Crippen LogP contribution in [-0.2, 0) is 0 Å². The number of piperazine rings is 1. The van der Waals surface area contributed by atoms with E-state index in [9.17, 15) is 8.78 Å². The molecule has 2 aliphatic rings. The Labute approximate surface area is 177 Å². The molecule has 2 unspecified atom stereocenters. The minimum absolute atomic E-state index is 0.0941. The van der Waals surface area contributed by atoms with E-state index >= 15 is 0 Å². The van der Waals surface area contributed by atoms with E-state index in [4.69, 9.17) is 4.98 Å². The van der Waals surface area contributed by atoms with Crippen molar-refractivity contribution in [1.29, 1.82) is 0 Å². The summed E-state index contributed by atoms with van der Waals surface area (Å²) in [6.07, 6.45) is 5.68. The Kier molecular flexibility index (Phi) is 4.21. The molecule has 2 fully saturated rings. The Hall–Kier alpha value is -3.39. The van der Waals surface area contributed by atoms with Gasteiger partial charge < -0.3 is 10.2 Å². The van der Waals surface area contributed by atoms with Crippen molar-refractivity contribution in [3.8, 4) is 17.1 Å². The van der Waals surface area contributed by atoms with Crippen molar-refractivity contribution in [2.45, 2.75) is 24.9 Å². The molecule has 0 aliphatic carbocycles. The summed E-state index contributed by atoms with van der Waals surface area (Å²) in [6.45, 7) is 1.81. The summed E-state index contributed by atoms with van der Waals surface area (Å²) < 4.78 is 30.4. The molecule has 8 heteroatoms. The predicted molar refractivity (Wildman–Crippen MR) is 114 cm³/mol. The largest absolute Gasteiger partial charge is 0.353 e. The molecule has 6 rings (SSSR count). The van der Waals surface area contributed by atoms with Crippen molar-refractivity contribution in [3.63, 3.8) is 0 Å². The van der Waals surface area contributed by atoms with Crippen molar-refractivity contribution in [2.24, 2.45) is 0 Å². The van der Waals surface area contributed by atoms with Gasteiger partial charge in [-0.05, 0) is 55.3 Å². The second kappa shape index (κ2) is 7.09. The van der Waals surface area contributed by atoms with Crippen LogP contribution in [0.3, 0.4) is 0 Å². The molecular weight excluding hydrogens is 398 g/mol. The fraction of sp³-hybridized carbons (Fsp3) is 0.261. The molecule has 2 saturated heterocycles. The average molecular weight is 418 g/mol. The number of nitrogens with one attached hydrogen (secondary N) is 1. The number of hydrogen-bond acceptors (Lipinski definition) is 5. The van der Waals surface area contributed by atoms with Crippen molar-refractivity contribution >= 4 is 17.0 Å². The molecule has 2 bridgehead atoms. The Morgan fingerprint density at radius 1 is 0.903 bits per heavy atom. The van der Waals surface area contributed by atoms with Crippen LogP contribution in [0.25, 0.3) is 28.2 Å². The number of anilines is 1. The van der Waals surface area contributed by atoms with Gasteiger partial charge in [0.05, 0.1) is 11.3 Å². The van der Waals surface area contributed by atoms with Gasteiger partial charge in [-0.1, -0.05) is 0 Å². The topological polar surface area (TPSA) is 58.9 Å². The van der Waals surface area contributed by atoms with Crippen LogP contribution in [0.4, 0.5) is 14.6 Å². The summed E-state index contributed by atoms with van der Waals surface area (Å²) in [5.74, 6) is 0.121. The highest BCUT2D eigenvalue weighted by molar-refractivity contribution is 5.81. The zero-order chi connectivity index (χ0) is 20.9. The quantitative estimate of drug-likeness (QED) is 0.550. The van der Waals surface area contributed by atoms with E-state index in [-0.39, 0.29) is 5.56 Å². The number of imidazole rings is 1. The summed E-state index contributed by atoms with van der Waals surface area (Å²) in [6, 6.07) is 11.8. The molecule has 5 heterocycles. The molecule has 31 heavy (non-hydrogen) atoms. The number of hydrogen-bond donors (Lipinski definition) is 1. The molecule has 2 atom stereocenters. The minimum Gasteiger partial charge on any atom is -0.353 e. The lowest BCUT2D eigenvalue weighted by atomic mass is 10.2. The summed E-state index contributed by atoms with van der Waals surface area (Å²) in [7, 11) is 0. The summed E-state index contributed by atoms with van der Waals surface area (Å²) in [5, 5.41) is 3.63. The van der Waals surface area contributed by atoms with E-state index in [1.807, 2.05) is 12.1 Å². The first-order valence-electron chi connectivity index (χ1n) is 10.4. The van der Waals surface area contributed by atoms with E-state index in [2.05, 4.69) is 20.2 Å². The third-order valence-electron chi connectivity index (χ3n) is 6.12. The molecule has 2 aliphatic heterocycles. The van der Waals surface area contributed by atoms with Gasteiger partial charge in [0.1, 0.15) is 28.8 Å². The van der Waals surface area contributed by atoms with Crippen LogP contribution >= 0.6 is 0 Å². The second-order valence-electron chi connectivity index (χ2n) is 8.16. The van der Waals surface area contributed by atoms with E-state index in [0.717, 1.165) is 36.7 Å². The van der Waals surface area contributed by atoms with Gasteiger partial charge in [-0.25, -0.2) is 18.7 Å². The standard InChI is InChI=1S/C23H20F2N6/c24-14-1-4-19(25)18(11-14)22-28-20-5-6-21(30-12-15-2-3-16(13-30)27-15)29-23(20)31(22)17-7-9-26-10-8-17/h1,4-11,15-16,27H,2-3,12-13H2. The van der Waals surface area contributed by atoms with Crippen LogP contribution in [-0.4, -0.2) is 44.7 Å². The van der Waals surface area contributed by atoms with Gasteiger partial charge >= 0.3 is 0 Å². The highest BCUT2D eigenvalue weighted by Gasteiger charge is 2.33. The lowest BCUT2D eigenvalue weighted by molar-refractivity contribution is 0.463. The van der Waals surface area contributed by atoms with Gasteiger partial charge in [-0.3, -0.25) is 9.55 Å². The number of halogens is 2. The van der Waals surface area contributed by atoms with Crippen molar-refractivity contribution in [3.05, 3.63) is 66.5 Å². The lowest BCUT2D eigenvalue weighted by Gasteiger charge is -2.33. The van der Waals surface area contributed by atoms with Crippen molar-refractivity contribution in [2.75, 3.05) is 18.0 Å². The van der Waals surface area contributed by atoms with E-state index < -0.39 is 11.6 Å². The Balaban J connectivity index is 1.55. The third-order valence-corrected chi connectivity index (χ3v) is 6.12. The van der Waals surface area contributed by atoms with Crippen molar-refractivity contribution in [1.82, 2.24) is 24.8 Å². The third kappa shape index (κ3) is 3.14. The number of nitrogens with zero attached hydrogens (tertiary/aromatic N) is 5. The first kappa shape index (κ1) is 18.4. The number of aromatic nitrogens is 4. The van der Waals surface area contributed by atoms with E-state index in [0.29, 0.717) is 29.1 Å². The number of pyridine rings is 2. The van der Waals surface area contributed by atoms with Crippen LogP contribution in [0.2, 0.25) is 0 Å². The van der Waals surface area contributed by atoms with Gasteiger partial charge in [-0.15, -0.1) is 0 Å². The fourth-order valence-electron chi connectivity index (χ4n) is 4.69. The summed E-state index contributed by atoms with van der Waals surface area (Å²) in [4.78, 5) is 15.9. The highest BCUT2D eigenvalue weighted by Crippen LogP contribution is 2.32. The summed E-state index contributed by atoms with van der Waals surface area (Å²) in [5.41, 5.74) is 2.06. The van der Waals surface area contributed by atoms with Crippen LogP contribution in [0.1, 0.15) is 12.8 Å². The van der Waals surface area contributed by atoms with Gasteiger partial charge in [0.2, 0.25) is 0 Å². The minimum atomic E-state index is -0.536. The Morgan fingerprint density at radius 2 is 1.68 bits per heavy atom. The average Bonchev–Trinajstić information content (AvgIpc) is 3.34. The summed E-state index contributed by atoms with van der Waals surface area (Å²) >= 11 is 0. The maximum atomic E-state index is 14.7. The van der Waals surface area contributed by atoms with Crippen LogP contribution in [0.5, 0.6) is 0 Å². The van der Waals surface area contributed by atoms with E-state index in [1.165, 1.54) is 18.9 Å². The fourth-order valence-corrected chi connectivity index (χ4v) is 4.69. The maximum Gasteiger partial charge on any atom is 0.167 e. The molecule has 1 aromatic carbocycles. The molecule has 6 nitrogen and oxygen atoms in total. The van der Waals surface area contributed by atoms with Gasteiger partial charge in [0.25, 0.3) is 0 Å². The van der Waals surface area contributed by atoms with E-state index in [1.54, 1.807) is 29.1 Å². The molecule has 0 saturated carbocycles. The number of benzene rings is 1. The first-order valence-corrected chi connectivity index (χ1v) is 10.4. The van der Waals surface area contributed by atoms with Gasteiger partial charge in [0, 0.05) is 37.6 Å². The van der Waals surface area contributed by atoms with Crippen LogP contribution in [0.15, 0.2) is 54.9 Å². The smallest absolute Gasteiger partial charge is 0.167 e. The predicted octanol–water partition coefficient (Wildman–Crippen LogP) is 3.70. The monoisotopic (exact) mass is 418 g/mol. The van der Waals surface area contributed by atoms with Crippen LogP contribution < -0.4 is 10.2 Å². The number of fused-ring (bicyclic) bond motifs is 3. The normalized spacial score (nSPS) is 20.5. The molecule has 0 amide bonds. The maximum absolute atomic E-state index is 14.7. The molecule has 4 aromatic rings. The SMILES string of the molecule is Fc1ccc(F)c(-c2nc3ccc(N4CC5CCC(C4)N5)nc3n2-c2ccncc2)c1. The molecular formula is C23H20F2N6. The molecule has 0 spiro atoms. The highest BCUT2D eigenvalue weighted by atomic mass is 19.1. The molecule has 156 valence electrons. The van der Waals surface area contributed by atoms with Gasteiger partial charge in [-0.2, -0.15) is 0 Å². The Bertz CT molecular complexity index is 1260. The second-order valence-corrected chi connectivity index (χ2v) is 8.16. The molecule has 1 N–H and O–H groups in total. The van der Waals surface area contributed by atoms with Crippen molar-refractivity contribution < 1.29 is 8.78 Å². The molecule has 3 aromatic heterocycles. The zero-order valence-electron chi connectivity index (χ0n) is 16.7. The number of rotatable bonds is 3. The Morgan fingerprint density at radius 3 is 2.45 bits per heavy atom. The molecule has 0 radical (unpaired) electrons. The van der Waals surface area contributed by atoms with Gasteiger partial charge in [0.15, 0.2) is 5.65 Å². The van der Waals surface area contributed by atoms with Crippen LogP contribution in [0, 0.1) is 11.6 Å². The first-order chi connectivity index (χ1) is 15.2. The zero-order valence-corrected chi connectivity index (χ0v) is 16.7. The lowest BCUT2D eigenvalue weighted by Crippen LogP contribution is -2.51.